The second kappa shape index (κ2) is 26.6. The fourth-order valence-corrected chi connectivity index (χ4v) is 7.74. The Hall–Kier alpha value is -5.48. The Bertz CT molecular complexity index is 2000. The van der Waals surface area contributed by atoms with Crippen LogP contribution in [0, 0.1) is 11.8 Å². The molecule has 4 N–H and O–H groups in total. The van der Waals surface area contributed by atoms with E-state index < -0.39 is 59.2 Å². The number of Topliss-reactive ketones (excluding diaryl/α,β-unsaturated/α-hetero) is 1. The maximum Gasteiger partial charge on any atom is 0.307 e. The third-order valence-electron chi connectivity index (χ3n) is 12.0. The fraction of sp³-hybridized carbons (Fsp3) is 0.600. The summed E-state index contributed by atoms with van der Waals surface area (Å²) in [6.45, 7) is 17.5. The van der Waals surface area contributed by atoms with Crippen molar-refractivity contribution in [3.05, 3.63) is 83.7 Å². The summed E-state index contributed by atoms with van der Waals surface area (Å²) >= 11 is 0. The first-order valence-corrected chi connectivity index (χ1v) is 23.7. The molecule has 0 radical (unpaired) electrons. The SMILES string of the molecule is CCC(C)n1cc(CCC(=O)OC(C)(CC)C(=O)[C@H](CC(C)C)NC(=O)[C@H](Cc2ccccc2)NC(=O)[C@H](CC(C)C)NC(=O)[C@H](CCc2ccccc2)NC(=O)CN2CCOCC2)nn1. The molecule has 16 heteroatoms. The molecule has 0 saturated carbocycles. The number of morpholine rings is 1. The van der Waals surface area contributed by atoms with E-state index in [1.165, 1.54) is 0 Å². The molecule has 362 valence electrons. The monoisotopic (exact) mass is 915 g/mol. The number of aromatic nitrogens is 3. The molecular formula is C50H74N8O8. The average Bonchev–Trinajstić information content (AvgIpc) is 3.78. The van der Waals surface area contributed by atoms with Crippen LogP contribution in [0.4, 0.5) is 0 Å². The highest BCUT2D eigenvalue weighted by molar-refractivity contribution is 5.98. The number of hydrogen-bond donors (Lipinski definition) is 4. The molecule has 2 heterocycles. The summed E-state index contributed by atoms with van der Waals surface area (Å²) < 4.78 is 13.1. The third-order valence-corrected chi connectivity index (χ3v) is 12.0. The molecule has 0 bridgehead atoms. The van der Waals surface area contributed by atoms with Crippen LogP contribution in [0.2, 0.25) is 0 Å². The second-order valence-corrected chi connectivity index (χ2v) is 18.5. The van der Waals surface area contributed by atoms with E-state index in [0.29, 0.717) is 38.4 Å². The molecule has 2 aromatic carbocycles. The zero-order chi connectivity index (χ0) is 48.2. The van der Waals surface area contributed by atoms with Crippen molar-refractivity contribution in [1.29, 1.82) is 0 Å². The Labute approximate surface area is 391 Å². The maximum atomic E-state index is 14.5. The number of benzene rings is 2. The molecule has 1 saturated heterocycles. The number of hydrogen-bond acceptors (Lipinski definition) is 11. The van der Waals surface area contributed by atoms with Crippen molar-refractivity contribution in [1.82, 2.24) is 41.2 Å². The van der Waals surface area contributed by atoms with Crippen LogP contribution in [-0.4, -0.2) is 118 Å². The molecule has 1 fully saturated rings. The number of amides is 4. The second-order valence-electron chi connectivity index (χ2n) is 18.5. The van der Waals surface area contributed by atoms with Gasteiger partial charge in [-0.2, -0.15) is 0 Å². The van der Waals surface area contributed by atoms with E-state index in [1.54, 1.807) is 18.5 Å². The summed E-state index contributed by atoms with van der Waals surface area (Å²) in [5.74, 6) is -3.13. The molecule has 66 heavy (non-hydrogen) atoms. The molecular weight excluding hydrogens is 841 g/mol. The zero-order valence-electron chi connectivity index (χ0n) is 40.3. The molecule has 3 aromatic rings. The van der Waals surface area contributed by atoms with Crippen molar-refractivity contribution in [3.8, 4) is 0 Å². The van der Waals surface area contributed by atoms with Gasteiger partial charge in [0, 0.05) is 32.1 Å². The smallest absolute Gasteiger partial charge is 0.307 e. The number of nitrogens with one attached hydrogen (secondary N) is 4. The van der Waals surface area contributed by atoms with Crippen LogP contribution in [0.3, 0.4) is 0 Å². The number of esters is 1. The van der Waals surface area contributed by atoms with E-state index in [1.807, 2.05) is 106 Å². The van der Waals surface area contributed by atoms with E-state index in [-0.39, 0.29) is 75.3 Å². The van der Waals surface area contributed by atoms with Crippen LogP contribution in [0.15, 0.2) is 66.9 Å². The van der Waals surface area contributed by atoms with Crippen LogP contribution >= 0.6 is 0 Å². The van der Waals surface area contributed by atoms with Gasteiger partial charge in [0.05, 0.1) is 44.0 Å². The predicted octanol–water partition coefficient (Wildman–Crippen LogP) is 4.70. The number of ether oxygens (including phenoxy) is 2. The van der Waals surface area contributed by atoms with Gasteiger partial charge in [0.1, 0.15) is 18.1 Å². The molecule has 1 aromatic heterocycles. The standard InChI is InChI=1S/C50H74N8O8/c1-9-36(7)58-32-39(55-56-58)22-24-45(60)66-50(8,10-2)46(61)41(29-34(3)4)52-49(64)43(31-38-19-15-12-16-20-38)54-48(63)42(30-35(5)6)53-47(62)40(23-21-37-17-13-11-14-18-37)51-44(59)33-57-25-27-65-28-26-57/h11-20,32,34-36,40-43H,9-10,21-31,33H2,1-8H3,(H,51,59)(H,52,64)(H,53,62)(H,54,63)/t36?,40-,41-,42-,43-,50?/m0/s1. The van der Waals surface area contributed by atoms with Crippen LogP contribution in [0.1, 0.15) is 117 Å². The molecule has 0 aliphatic carbocycles. The van der Waals surface area contributed by atoms with Gasteiger partial charge in [-0.15, -0.1) is 5.10 Å². The number of carbonyl (C=O) groups excluding carboxylic acids is 6. The number of carbonyl (C=O) groups is 6. The Kier molecular flexibility index (Phi) is 21.4. The maximum absolute atomic E-state index is 14.5. The third kappa shape index (κ3) is 17.4. The number of aryl methyl sites for hydroxylation is 2. The first-order chi connectivity index (χ1) is 31.5. The highest BCUT2D eigenvalue weighted by Crippen LogP contribution is 2.23. The van der Waals surface area contributed by atoms with Crippen molar-refractivity contribution in [2.45, 2.75) is 149 Å². The van der Waals surface area contributed by atoms with E-state index in [0.717, 1.165) is 17.5 Å². The number of nitrogens with zero attached hydrogens (tertiary/aromatic N) is 4. The lowest BCUT2D eigenvalue weighted by atomic mass is 9.87. The van der Waals surface area contributed by atoms with Gasteiger partial charge in [0.25, 0.3) is 0 Å². The average molecular weight is 915 g/mol. The van der Waals surface area contributed by atoms with Gasteiger partial charge in [-0.05, 0) is 75.3 Å². The summed E-state index contributed by atoms with van der Waals surface area (Å²) in [6, 6.07) is 14.8. The minimum absolute atomic E-state index is 0.0167. The fourth-order valence-electron chi connectivity index (χ4n) is 7.74. The van der Waals surface area contributed by atoms with Crippen molar-refractivity contribution < 1.29 is 38.2 Å². The molecule has 16 nitrogen and oxygen atoms in total. The van der Waals surface area contributed by atoms with E-state index in [4.69, 9.17) is 9.47 Å². The number of ketones is 1. The topological polar surface area (TPSA) is 203 Å². The summed E-state index contributed by atoms with van der Waals surface area (Å²) in [4.78, 5) is 86.1. The summed E-state index contributed by atoms with van der Waals surface area (Å²) in [5.41, 5.74) is 0.833. The van der Waals surface area contributed by atoms with E-state index in [9.17, 15) is 28.8 Å². The largest absolute Gasteiger partial charge is 0.451 e. The van der Waals surface area contributed by atoms with Crippen LogP contribution in [0.5, 0.6) is 0 Å². The van der Waals surface area contributed by atoms with Crippen LogP contribution < -0.4 is 21.3 Å². The first kappa shape index (κ1) is 53.1. The zero-order valence-corrected chi connectivity index (χ0v) is 40.3. The van der Waals surface area contributed by atoms with Crippen LogP contribution in [-0.2, 0) is 57.5 Å². The van der Waals surface area contributed by atoms with Crippen LogP contribution in [0.25, 0.3) is 0 Å². The predicted molar refractivity (Wildman–Crippen MR) is 252 cm³/mol. The van der Waals surface area contributed by atoms with Gasteiger partial charge in [0.2, 0.25) is 23.6 Å². The summed E-state index contributed by atoms with van der Waals surface area (Å²) in [7, 11) is 0. The van der Waals surface area contributed by atoms with Crippen molar-refractivity contribution in [2.24, 2.45) is 11.8 Å². The van der Waals surface area contributed by atoms with Gasteiger partial charge in [-0.1, -0.05) is 107 Å². The van der Waals surface area contributed by atoms with Gasteiger partial charge in [-0.25, -0.2) is 4.68 Å². The van der Waals surface area contributed by atoms with Gasteiger partial charge in [-0.3, -0.25) is 33.7 Å². The van der Waals surface area contributed by atoms with Crippen molar-refractivity contribution in [2.75, 3.05) is 32.8 Å². The number of rotatable bonds is 27. The molecule has 2 unspecified atom stereocenters. The lowest BCUT2D eigenvalue weighted by Gasteiger charge is -2.33. The Morgan fingerprint density at radius 3 is 1.89 bits per heavy atom. The Balaban J connectivity index is 1.52. The van der Waals surface area contributed by atoms with Gasteiger partial charge >= 0.3 is 5.97 Å². The minimum Gasteiger partial charge on any atom is -0.451 e. The summed E-state index contributed by atoms with van der Waals surface area (Å²) in [5, 5.41) is 20.0. The Morgan fingerprint density at radius 1 is 0.727 bits per heavy atom. The molecule has 1 aliphatic heterocycles. The molecule has 6 atom stereocenters. The van der Waals surface area contributed by atoms with E-state index in [2.05, 4.69) is 38.5 Å². The molecule has 4 rings (SSSR count). The normalized spacial score (nSPS) is 16.3. The molecule has 1 aliphatic rings. The molecule has 4 amide bonds. The molecule has 0 spiro atoms. The Morgan fingerprint density at radius 2 is 1.29 bits per heavy atom. The lowest BCUT2D eigenvalue weighted by molar-refractivity contribution is -0.167. The first-order valence-electron chi connectivity index (χ1n) is 23.7. The minimum atomic E-state index is -1.56. The lowest BCUT2D eigenvalue weighted by Crippen LogP contribution is -2.60. The summed E-state index contributed by atoms with van der Waals surface area (Å²) in [6.07, 6.45) is 4.48. The quantitative estimate of drug-likeness (QED) is 0.0773. The highest BCUT2D eigenvalue weighted by atomic mass is 16.6. The van der Waals surface area contributed by atoms with Gasteiger partial charge < -0.3 is 30.7 Å². The van der Waals surface area contributed by atoms with Gasteiger partial charge in [0.15, 0.2) is 11.4 Å². The highest BCUT2D eigenvalue weighted by Gasteiger charge is 2.42. The van der Waals surface area contributed by atoms with Crippen molar-refractivity contribution >= 4 is 35.4 Å². The van der Waals surface area contributed by atoms with Crippen molar-refractivity contribution in [3.63, 3.8) is 0 Å². The van der Waals surface area contributed by atoms with E-state index >= 15 is 0 Å².